The topological polar surface area (TPSA) is 40.5 Å². The zero-order valence-corrected chi connectivity index (χ0v) is 11.5. The van der Waals surface area contributed by atoms with E-state index in [1.165, 1.54) is 5.56 Å². The van der Waals surface area contributed by atoms with Crippen LogP contribution < -0.4 is 0 Å². The first kappa shape index (κ1) is 14.1. The lowest BCUT2D eigenvalue weighted by atomic mass is 10.0. The third-order valence-electron chi connectivity index (χ3n) is 4.07. The molecular formula is C15H18ClNO2. The third-order valence-corrected chi connectivity index (χ3v) is 4.07. The maximum atomic E-state index is 11.2. The normalized spacial score (nSPS) is 25.6. The second kappa shape index (κ2) is 5.76. The van der Waals surface area contributed by atoms with Crippen LogP contribution in [-0.2, 0) is 11.3 Å². The van der Waals surface area contributed by atoms with Crippen molar-refractivity contribution in [3.63, 3.8) is 0 Å². The van der Waals surface area contributed by atoms with E-state index in [0.717, 1.165) is 25.8 Å². The number of benzene rings is 1. The standard InChI is InChI=1S/C15H17NO2.ClH/c17-15(18)13-8-6-12-7-9-14(13)16(12)10-11-4-2-1-3-5-11;/h1-5,8,12,14H,6-7,9-10H2,(H,17,18);1H. The monoisotopic (exact) mass is 279 g/mol. The number of rotatable bonds is 3. The molecule has 1 N–H and O–H groups in total. The summed E-state index contributed by atoms with van der Waals surface area (Å²) < 4.78 is 0. The van der Waals surface area contributed by atoms with E-state index in [-0.39, 0.29) is 18.4 Å². The number of carbonyl (C=O) groups is 1. The van der Waals surface area contributed by atoms with E-state index in [1.54, 1.807) is 0 Å². The zero-order chi connectivity index (χ0) is 12.5. The van der Waals surface area contributed by atoms with Gasteiger partial charge in [0.2, 0.25) is 0 Å². The fourth-order valence-electron chi connectivity index (χ4n) is 3.19. The average molecular weight is 280 g/mol. The highest BCUT2D eigenvalue weighted by Gasteiger charge is 2.40. The van der Waals surface area contributed by atoms with Crippen LogP contribution in [-0.4, -0.2) is 28.1 Å². The van der Waals surface area contributed by atoms with E-state index < -0.39 is 5.97 Å². The van der Waals surface area contributed by atoms with Crippen LogP contribution in [0.2, 0.25) is 0 Å². The van der Waals surface area contributed by atoms with Crippen LogP contribution in [0.25, 0.3) is 0 Å². The van der Waals surface area contributed by atoms with Gasteiger partial charge in [-0.3, -0.25) is 4.90 Å². The van der Waals surface area contributed by atoms with Crippen molar-refractivity contribution in [3.8, 4) is 0 Å². The largest absolute Gasteiger partial charge is 0.478 e. The first-order chi connectivity index (χ1) is 8.75. The van der Waals surface area contributed by atoms with Crippen LogP contribution in [0, 0.1) is 0 Å². The van der Waals surface area contributed by atoms with E-state index in [4.69, 9.17) is 0 Å². The molecule has 2 heterocycles. The first-order valence-corrected chi connectivity index (χ1v) is 6.48. The summed E-state index contributed by atoms with van der Waals surface area (Å²) in [5.74, 6) is -0.751. The van der Waals surface area contributed by atoms with Gasteiger partial charge in [0.1, 0.15) is 0 Å². The Hall–Kier alpha value is -1.32. The van der Waals surface area contributed by atoms with Crippen LogP contribution in [0.3, 0.4) is 0 Å². The molecule has 2 bridgehead atoms. The molecule has 1 aromatic carbocycles. The molecule has 0 amide bonds. The molecule has 0 aromatic heterocycles. The Labute approximate surface area is 119 Å². The highest BCUT2D eigenvalue weighted by atomic mass is 35.5. The fraction of sp³-hybridized carbons (Fsp3) is 0.400. The van der Waals surface area contributed by atoms with Crippen LogP contribution in [0.15, 0.2) is 42.0 Å². The lowest BCUT2D eigenvalue weighted by Gasteiger charge is -2.33. The summed E-state index contributed by atoms with van der Waals surface area (Å²) in [4.78, 5) is 13.6. The van der Waals surface area contributed by atoms with E-state index in [1.807, 2.05) is 24.3 Å². The number of fused-ring (bicyclic) bond motifs is 2. The van der Waals surface area contributed by atoms with Crippen molar-refractivity contribution >= 4 is 18.4 Å². The summed E-state index contributed by atoms with van der Waals surface area (Å²) in [7, 11) is 0. The fourth-order valence-corrected chi connectivity index (χ4v) is 3.19. The lowest BCUT2D eigenvalue weighted by Crippen LogP contribution is -2.41. The molecule has 2 aliphatic heterocycles. The SMILES string of the molecule is Cl.O=C(O)C1=CCC2CCC1N2Cc1ccccc1. The Morgan fingerprint density at radius 1 is 1.26 bits per heavy atom. The highest BCUT2D eigenvalue weighted by Crippen LogP contribution is 2.36. The summed E-state index contributed by atoms with van der Waals surface area (Å²) in [5, 5.41) is 9.25. The van der Waals surface area contributed by atoms with Crippen LogP contribution >= 0.6 is 12.4 Å². The highest BCUT2D eigenvalue weighted by molar-refractivity contribution is 5.88. The molecule has 2 unspecified atom stereocenters. The van der Waals surface area contributed by atoms with Gasteiger partial charge in [-0.05, 0) is 24.8 Å². The summed E-state index contributed by atoms with van der Waals surface area (Å²) in [6.07, 6.45) is 4.90. The van der Waals surface area contributed by atoms with E-state index in [0.29, 0.717) is 11.6 Å². The van der Waals surface area contributed by atoms with Crippen molar-refractivity contribution in [2.75, 3.05) is 0 Å². The van der Waals surface area contributed by atoms with Gasteiger partial charge in [0.05, 0.1) is 5.57 Å². The zero-order valence-electron chi connectivity index (χ0n) is 10.7. The maximum Gasteiger partial charge on any atom is 0.332 e. The Morgan fingerprint density at radius 3 is 2.68 bits per heavy atom. The quantitative estimate of drug-likeness (QED) is 0.925. The van der Waals surface area contributed by atoms with Gasteiger partial charge in [0, 0.05) is 18.6 Å². The second-order valence-electron chi connectivity index (χ2n) is 5.11. The lowest BCUT2D eigenvalue weighted by molar-refractivity contribution is -0.133. The minimum Gasteiger partial charge on any atom is -0.478 e. The molecule has 4 heteroatoms. The number of nitrogens with zero attached hydrogens (tertiary/aromatic N) is 1. The van der Waals surface area contributed by atoms with Gasteiger partial charge < -0.3 is 5.11 Å². The molecule has 1 saturated heterocycles. The molecule has 2 atom stereocenters. The molecule has 1 aromatic rings. The molecule has 1 fully saturated rings. The van der Waals surface area contributed by atoms with Gasteiger partial charge in [-0.2, -0.15) is 0 Å². The van der Waals surface area contributed by atoms with Crippen molar-refractivity contribution in [2.24, 2.45) is 0 Å². The number of aliphatic carboxylic acids is 1. The minimum atomic E-state index is -0.751. The molecule has 3 nitrogen and oxygen atoms in total. The van der Waals surface area contributed by atoms with Crippen molar-refractivity contribution in [3.05, 3.63) is 47.5 Å². The number of carboxylic acid groups (broad SMARTS) is 1. The Morgan fingerprint density at radius 2 is 2.00 bits per heavy atom. The van der Waals surface area contributed by atoms with Crippen molar-refractivity contribution in [2.45, 2.75) is 37.9 Å². The van der Waals surface area contributed by atoms with Gasteiger partial charge in [0.15, 0.2) is 0 Å². The number of carboxylic acids is 1. The molecule has 0 saturated carbocycles. The Kier molecular flexibility index (Phi) is 4.27. The number of halogens is 1. The van der Waals surface area contributed by atoms with Crippen molar-refractivity contribution < 1.29 is 9.90 Å². The second-order valence-corrected chi connectivity index (χ2v) is 5.11. The van der Waals surface area contributed by atoms with E-state index >= 15 is 0 Å². The summed E-state index contributed by atoms with van der Waals surface area (Å²) in [6, 6.07) is 10.9. The van der Waals surface area contributed by atoms with Crippen LogP contribution in [0.5, 0.6) is 0 Å². The summed E-state index contributed by atoms with van der Waals surface area (Å²) in [5.41, 5.74) is 1.86. The number of hydrogen-bond acceptors (Lipinski definition) is 2. The predicted octanol–water partition coefficient (Wildman–Crippen LogP) is 2.86. The van der Waals surface area contributed by atoms with E-state index in [9.17, 15) is 9.90 Å². The molecule has 19 heavy (non-hydrogen) atoms. The molecule has 102 valence electrons. The molecular weight excluding hydrogens is 262 g/mol. The summed E-state index contributed by atoms with van der Waals surface area (Å²) >= 11 is 0. The van der Waals surface area contributed by atoms with Crippen LogP contribution in [0.4, 0.5) is 0 Å². The minimum absolute atomic E-state index is 0. The van der Waals surface area contributed by atoms with Gasteiger partial charge in [-0.25, -0.2) is 4.79 Å². The predicted molar refractivity (Wildman–Crippen MR) is 76.4 cm³/mol. The smallest absolute Gasteiger partial charge is 0.332 e. The average Bonchev–Trinajstić information content (AvgIpc) is 2.63. The Bertz CT molecular complexity index is 486. The van der Waals surface area contributed by atoms with Crippen molar-refractivity contribution in [1.82, 2.24) is 4.90 Å². The molecule has 0 radical (unpaired) electrons. The number of hydrogen-bond donors (Lipinski definition) is 1. The van der Waals surface area contributed by atoms with Gasteiger partial charge in [0.25, 0.3) is 0 Å². The molecule has 3 rings (SSSR count). The first-order valence-electron chi connectivity index (χ1n) is 6.48. The van der Waals surface area contributed by atoms with Crippen molar-refractivity contribution in [1.29, 1.82) is 0 Å². The third kappa shape index (κ3) is 2.67. The van der Waals surface area contributed by atoms with Gasteiger partial charge >= 0.3 is 5.97 Å². The van der Waals surface area contributed by atoms with E-state index in [2.05, 4.69) is 17.0 Å². The molecule has 0 aliphatic carbocycles. The summed E-state index contributed by atoms with van der Waals surface area (Å²) in [6.45, 7) is 0.862. The Balaban J connectivity index is 0.00000133. The maximum absolute atomic E-state index is 11.2. The van der Waals surface area contributed by atoms with Gasteiger partial charge in [-0.1, -0.05) is 36.4 Å². The molecule has 2 aliphatic rings. The van der Waals surface area contributed by atoms with Gasteiger partial charge in [-0.15, -0.1) is 12.4 Å². The van der Waals surface area contributed by atoms with Crippen LogP contribution in [0.1, 0.15) is 24.8 Å². The molecule has 0 spiro atoms.